The van der Waals surface area contributed by atoms with E-state index in [2.05, 4.69) is 96.4 Å². The van der Waals surface area contributed by atoms with Gasteiger partial charge in [0.05, 0.1) is 11.0 Å². The Labute approximate surface area is 158 Å². The van der Waals surface area contributed by atoms with E-state index in [9.17, 15) is 0 Å². The highest BCUT2D eigenvalue weighted by Gasteiger charge is 2.35. The Morgan fingerprint density at radius 3 is 2.30 bits per heavy atom. The van der Waals surface area contributed by atoms with Gasteiger partial charge in [0.1, 0.15) is 11.9 Å². The minimum absolute atomic E-state index is 0.137. The van der Waals surface area contributed by atoms with Gasteiger partial charge in [-0.25, -0.2) is 0 Å². The second-order valence-corrected chi connectivity index (χ2v) is 7.45. The summed E-state index contributed by atoms with van der Waals surface area (Å²) in [5.74, 6) is 1.31. The zero-order chi connectivity index (χ0) is 18.0. The molecule has 1 aromatic heterocycles. The lowest BCUT2D eigenvalue weighted by molar-refractivity contribution is 0.255. The number of benzene rings is 3. The summed E-state index contributed by atoms with van der Waals surface area (Å²) < 4.78 is 8.61. The van der Waals surface area contributed by atoms with Gasteiger partial charge in [0, 0.05) is 27.9 Å². The van der Waals surface area contributed by atoms with Gasteiger partial charge in [0.15, 0.2) is 0 Å². The number of aromatic nitrogens is 1. The molecule has 27 heavy (non-hydrogen) atoms. The van der Waals surface area contributed by atoms with Crippen molar-refractivity contribution in [1.82, 2.24) is 4.57 Å². The van der Waals surface area contributed by atoms with Gasteiger partial charge in [0.2, 0.25) is 0 Å². The summed E-state index contributed by atoms with van der Waals surface area (Å²) in [6.07, 6.45) is 6.71. The molecule has 0 amide bonds. The molecule has 2 heteroatoms. The smallest absolute Gasteiger partial charge is 0.130 e. The Kier molecular flexibility index (Phi) is 2.96. The standard InChI is InChI=1S/C25H19NO/c1-16-7-6-10-20-21-15-17(13-14-24(21)27-25(16)20)26-22-11-4-2-8-18(22)19-9-3-5-12-23(19)26/h2-15,20,25H,1H3. The molecule has 0 saturated carbocycles. The predicted octanol–water partition coefficient (Wildman–Crippen LogP) is 6.14. The molecule has 0 fully saturated rings. The number of hydrogen-bond acceptors (Lipinski definition) is 1. The third-order valence-corrected chi connectivity index (χ3v) is 5.90. The third kappa shape index (κ3) is 2.01. The molecule has 0 radical (unpaired) electrons. The molecule has 0 bridgehead atoms. The Morgan fingerprint density at radius 1 is 0.852 bits per heavy atom. The van der Waals surface area contributed by atoms with Crippen molar-refractivity contribution in [3.05, 3.63) is 96.1 Å². The van der Waals surface area contributed by atoms with E-state index < -0.39 is 0 Å². The summed E-state index contributed by atoms with van der Waals surface area (Å²) in [6.45, 7) is 2.15. The molecule has 1 aliphatic carbocycles. The zero-order valence-electron chi connectivity index (χ0n) is 15.1. The fraction of sp³-hybridized carbons (Fsp3) is 0.120. The number of fused-ring (bicyclic) bond motifs is 6. The van der Waals surface area contributed by atoms with Crippen LogP contribution in [-0.4, -0.2) is 10.7 Å². The average molecular weight is 349 g/mol. The van der Waals surface area contributed by atoms with Crippen LogP contribution in [0, 0.1) is 0 Å². The maximum absolute atomic E-state index is 6.24. The van der Waals surface area contributed by atoms with Crippen LogP contribution in [0.15, 0.2) is 90.5 Å². The Hall–Kier alpha value is -3.26. The first-order valence-corrected chi connectivity index (χ1v) is 9.45. The second-order valence-electron chi connectivity index (χ2n) is 7.45. The number of allylic oxidation sites excluding steroid dienone is 2. The van der Waals surface area contributed by atoms with Crippen molar-refractivity contribution in [1.29, 1.82) is 0 Å². The first kappa shape index (κ1) is 14.9. The Morgan fingerprint density at radius 2 is 1.56 bits per heavy atom. The van der Waals surface area contributed by atoms with Crippen molar-refractivity contribution in [2.45, 2.75) is 18.9 Å². The fourth-order valence-electron chi connectivity index (χ4n) is 4.62. The van der Waals surface area contributed by atoms with Gasteiger partial charge in [0.25, 0.3) is 0 Å². The molecule has 2 aliphatic rings. The number of hydrogen-bond donors (Lipinski definition) is 0. The second kappa shape index (κ2) is 5.37. The van der Waals surface area contributed by atoms with Crippen LogP contribution < -0.4 is 4.74 Å². The van der Waals surface area contributed by atoms with Crippen LogP contribution in [0.4, 0.5) is 0 Å². The van der Waals surface area contributed by atoms with Crippen LogP contribution >= 0.6 is 0 Å². The molecule has 1 aliphatic heterocycles. The lowest BCUT2D eigenvalue weighted by Crippen LogP contribution is -2.20. The molecule has 2 nitrogen and oxygen atoms in total. The SMILES string of the molecule is CC1=CC=CC2c3cc(-n4c5ccccc5c5ccccc54)ccc3OC12. The highest BCUT2D eigenvalue weighted by atomic mass is 16.5. The van der Waals surface area contributed by atoms with E-state index >= 15 is 0 Å². The van der Waals surface area contributed by atoms with Gasteiger partial charge in [-0.2, -0.15) is 0 Å². The molecule has 4 aromatic rings. The van der Waals surface area contributed by atoms with Gasteiger partial charge in [-0.1, -0.05) is 54.6 Å². The summed E-state index contributed by atoms with van der Waals surface area (Å²) in [4.78, 5) is 0. The van der Waals surface area contributed by atoms with E-state index in [0.717, 1.165) is 5.75 Å². The summed E-state index contributed by atoms with van der Waals surface area (Å²) in [6, 6.07) is 23.9. The average Bonchev–Trinajstić information content (AvgIpc) is 3.24. The molecule has 0 spiro atoms. The first-order valence-electron chi connectivity index (χ1n) is 9.45. The van der Waals surface area contributed by atoms with Crippen LogP contribution in [-0.2, 0) is 0 Å². The van der Waals surface area contributed by atoms with Gasteiger partial charge in [-0.15, -0.1) is 0 Å². The minimum Gasteiger partial charge on any atom is -0.485 e. The largest absolute Gasteiger partial charge is 0.485 e. The molecule has 6 rings (SSSR count). The molecule has 2 atom stereocenters. The van der Waals surface area contributed by atoms with Crippen molar-refractivity contribution < 1.29 is 4.74 Å². The van der Waals surface area contributed by atoms with E-state index in [4.69, 9.17) is 4.74 Å². The summed E-state index contributed by atoms with van der Waals surface area (Å²) in [5, 5.41) is 2.58. The maximum atomic E-state index is 6.24. The quantitative estimate of drug-likeness (QED) is 0.402. The van der Waals surface area contributed by atoms with Crippen molar-refractivity contribution in [3.8, 4) is 11.4 Å². The fourth-order valence-corrected chi connectivity index (χ4v) is 4.62. The molecular weight excluding hydrogens is 330 g/mol. The molecule has 0 saturated heterocycles. The molecular formula is C25H19NO. The van der Waals surface area contributed by atoms with Crippen LogP contribution in [0.5, 0.6) is 5.75 Å². The van der Waals surface area contributed by atoms with Crippen LogP contribution in [0.2, 0.25) is 0 Å². The number of rotatable bonds is 1. The highest BCUT2D eigenvalue weighted by molar-refractivity contribution is 6.09. The van der Waals surface area contributed by atoms with Gasteiger partial charge >= 0.3 is 0 Å². The van der Waals surface area contributed by atoms with Crippen molar-refractivity contribution in [2.75, 3.05) is 0 Å². The first-order chi connectivity index (χ1) is 13.3. The zero-order valence-corrected chi connectivity index (χ0v) is 15.1. The normalized spacial score (nSPS) is 20.4. The topological polar surface area (TPSA) is 14.2 Å². The number of ether oxygens (including phenoxy) is 1. The summed E-state index contributed by atoms with van der Waals surface area (Å²) >= 11 is 0. The van der Waals surface area contributed by atoms with Crippen molar-refractivity contribution in [2.24, 2.45) is 0 Å². The maximum Gasteiger partial charge on any atom is 0.130 e. The Balaban J connectivity index is 1.61. The molecule has 3 aromatic carbocycles. The lowest BCUT2D eigenvalue weighted by Gasteiger charge is -2.19. The van der Waals surface area contributed by atoms with Crippen LogP contribution in [0.25, 0.3) is 27.5 Å². The van der Waals surface area contributed by atoms with Crippen molar-refractivity contribution in [3.63, 3.8) is 0 Å². The van der Waals surface area contributed by atoms with Gasteiger partial charge in [-0.3, -0.25) is 0 Å². The van der Waals surface area contributed by atoms with Crippen LogP contribution in [0.1, 0.15) is 18.4 Å². The molecule has 130 valence electrons. The summed E-state index contributed by atoms with van der Waals surface area (Å²) in [7, 11) is 0. The van der Waals surface area contributed by atoms with E-state index in [-0.39, 0.29) is 6.10 Å². The predicted molar refractivity (Wildman–Crippen MR) is 111 cm³/mol. The molecule has 0 N–H and O–H groups in total. The van der Waals surface area contributed by atoms with E-state index in [1.54, 1.807) is 0 Å². The van der Waals surface area contributed by atoms with Gasteiger partial charge < -0.3 is 9.30 Å². The number of nitrogens with zero attached hydrogens (tertiary/aromatic N) is 1. The minimum atomic E-state index is 0.137. The van der Waals surface area contributed by atoms with E-state index in [1.807, 2.05) is 0 Å². The Bertz CT molecular complexity index is 1220. The van der Waals surface area contributed by atoms with Crippen molar-refractivity contribution >= 4 is 21.8 Å². The summed E-state index contributed by atoms with van der Waals surface area (Å²) in [5.41, 5.74) is 6.24. The van der Waals surface area contributed by atoms with Gasteiger partial charge in [-0.05, 0) is 42.8 Å². The molecule has 2 unspecified atom stereocenters. The number of para-hydroxylation sites is 2. The highest BCUT2D eigenvalue weighted by Crippen LogP contribution is 2.44. The third-order valence-electron chi connectivity index (χ3n) is 5.90. The lowest BCUT2D eigenvalue weighted by atomic mass is 9.88. The monoisotopic (exact) mass is 349 g/mol. The van der Waals surface area contributed by atoms with E-state index in [0.29, 0.717) is 5.92 Å². The molecule has 2 heterocycles. The van der Waals surface area contributed by atoms with Crippen LogP contribution in [0.3, 0.4) is 0 Å². The van der Waals surface area contributed by atoms with E-state index in [1.165, 1.54) is 38.6 Å².